The molecule has 1 aromatic carbocycles. The van der Waals surface area contributed by atoms with Crippen molar-refractivity contribution < 1.29 is 40.8 Å². The predicted octanol–water partition coefficient (Wildman–Crippen LogP) is 3.61. The Labute approximate surface area is 160 Å². The molecule has 1 aromatic rings. The van der Waals surface area contributed by atoms with Crippen LogP contribution in [0.15, 0.2) is 18.2 Å². The number of carbonyl (C=O) groups is 1. The van der Waals surface area contributed by atoms with Crippen molar-refractivity contribution >= 4 is 17.3 Å². The van der Waals surface area contributed by atoms with Gasteiger partial charge >= 0.3 is 12.4 Å². The number of nitrogens with zero attached hydrogens (tertiary/aromatic N) is 2. The predicted molar refractivity (Wildman–Crippen MR) is 88.5 cm³/mol. The van der Waals surface area contributed by atoms with Gasteiger partial charge in [-0.05, 0) is 18.6 Å². The summed E-state index contributed by atoms with van der Waals surface area (Å²) < 4.78 is 83.7. The van der Waals surface area contributed by atoms with Crippen LogP contribution in [-0.2, 0) is 4.74 Å². The summed E-state index contributed by atoms with van der Waals surface area (Å²) in [4.78, 5) is 23.3. The summed E-state index contributed by atoms with van der Waals surface area (Å²) in [5, 5.41) is 13.9. The highest BCUT2D eigenvalue weighted by atomic mass is 19.4. The summed E-state index contributed by atoms with van der Waals surface area (Å²) in [6.07, 6.45) is -12.5. The molecule has 1 amide bonds. The third-order valence-electron chi connectivity index (χ3n) is 4.70. The highest BCUT2D eigenvalue weighted by molar-refractivity contribution is 5.96. The van der Waals surface area contributed by atoms with E-state index in [9.17, 15) is 41.3 Å². The Morgan fingerprint density at radius 1 is 1.28 bits per heavy atom. The Hall–Kier alpha value is -2.57. The molecule has 1 aliphatic rings. The Kier molecular flexibility index (Phi) is 6.30. The number of alkyl halides is 6. The molecule has 1 aliphatic heterocycles. The molecule has 1 fully saturated rings. The number of halogens is 6. The van der Waals surface area contributed by atoms with Crippen molar-refractivity contribution in [2.45, 2.75) is 18.8 Å². The molecule has 0 atom stereocenters. The van der Waals surface area contributed by atoms with Gasteiger partial charge in [0.2, 0.25) is 0 Å². The third kappa shape index (κ3) is 4.38. The molecule has 7 nitrogen and oxygen atoms in total. The number of methoxy groups -OCH3 is 1. The molecule has 0 saturated carbocycles. The molecule has 0 aliphatic carbocycles. The Morgan fingerprint density at radius 2 is 1.90 bits per heavy atom. The van der Waals surface area contributed by atoms with Crippen LogP contribution in [0.25, 0.3) is 0 Å². The number of nitro benzene ring substituents is 1. The number of hydrogen-bond acceptors (Lipinski definition) is 5. The first kappa shape index (κ1) is 22.7. The van der Waals surface area contributed by atoms with Gasteiger partial charge in [-0.15, -0.1) is 0 Å². The lowest BCUT2D eigenvalue weighted by Crippen LogP contribution is -2.52. The summed E-state index contributed by atoms with van der Waals surface area (Å²) in [7, 11) is 1.41. The minimum Gasteiger partial charge on any atom is -0.383 e. The van der Waals surface area contributed by atoms with Gasteiger partial charge in [-0.25, -0.2) is 0 Å². The number of nitrogens with one attached hydrogen (secondary N) is 1. The van der Waals surface area contributed by atoms with E-state index in [2.05, 4.69) is 5.32 Å². The van der Waals surface area contributed by atoms with Gasteiger partial charge in [-0.3, -0.25) is 14.9 Å². The number of carbonyl (C=O) groups excluding carboxylic acids is 1. The lowest BCUT2D eigenvalue weighted by Gasteiger charge is -2.33. The normalized spacial score (nSPS) is 16.7. The SMILES string of the molecule is COCCNc1ccc(C(=O)N2CCC(C(F)(F)F)(C(F)(F)F)C2)cc1[N+](=O)[O-]. The number of rotatable bonds is 6. The maximum atomic E-state index is 13.2. The first-order valence-electron chi connectivity index (χ1n) is 8.28. The summed E-state index contributed by atoms with van der Waals surface area (Å²) in [5.41, 5.74) is -4.91. The fourth-order valence-electron chi connectivity index (χ4n) is 3.04. The summed E-state index contributed by atoms with van der Waals surface area (Å²) in [5.74, 6) is -1.15. The molecule has 1 heterocycles. The van der Waals surface area contributed by atoms with Crippen LogP contribution in [-0.4, -0.2) is 61.4 Å². The highest BCUT2D eigenvalue weighted by Gasteiger charge is 2.72. The number of nitro groups is 1. The molecule has 0 radical (unpaired) electrons. The van der Waals surface area contributed by atoms with Crippen LogP contribution in [0.2, 0.25) is 0 Å². The smallest absolute Gasteiger partial charge is 0.383 e. The Balaban J connectivity index is 2.29. The zero-order chi connectivity index (χ0) is 22.0. The average molecular weight is 429 g/mol. The molecule has 162 valence electrons. The minimum absolute atomic E-state index is 0.0324. The second kappa shape index (κ2) is 8.05. The van der Waals surface area contributed by atoms with E-state index in [0.29, 0.717) is 4.90 Å². The second-order valence-electron chi connectivity index (χ2n) is 6.46. The standard InChI is InChI=1S/C16H17F6N3O4/c1-29-7-5-23-11-3-2-10(8-12(11)25(27)28)13(26)24-6-4-14(9-24,15(17,18)19)16(20,21)22/h2-3,8,23H,4-7,9H2,1H3. The lowest BCUT2D eigenvalue weighted by molar-refractivity contribution is -0.384. The van der Waals surface area contributed by atoms with Gasteiger partial charge in [0.15, 0.2) is 5.41 Å². The highest BCUT2D eigenvalue weighted by Crippen LogP contribution is 2.55. The average Bonchev–Trinajstić information content (AvgIpc) is 3.08. The molecule has 0 bridgehead atoms. The van der Waals surface area contributed by atoms with Crippen LogP contribution < -0.4 is 5.32 Å². The molecule has 29 heavy (non-hydrogen) atoms. The first-order chi connectivity index (χ1) is 13.3. The van der Waals surface area contributed by atoms with Crippen molar-refractivity contribution in [3.8, 4) is 0 Å². The van der Waals surface area contributed by atoms with Crippen molar-refractivity contribution in [1.29, 1.82) is 0 Å². The third-order valence-corrected chi connectivity index (χ3v) is 4.70. The molecular weight excluding hydrogens is 412 g/mol. The summed E-state index contributed by atoms with van der Waals surface area (Å²) in [6, 6.07) is 3.09. The van der Waals surface area contributed by atoms with E-state index in [-0.39, 0.29) is 24.4 Å². The van der Waals surface area contributed by atoms with Crippen molar-refractivity contribution in [3.05, 3.63) is 33.9 Å². The van der Waals surface area contributed by atoms with Gasteiger partial charge in [-0.2, -0.15) is 26.3 Å². The lowest BCUT2D eigenvalue weighted by atomic mass is 9.85. The molecule has 1 saturated heterocycles. The molecule has 2 rings (SSSR count). The Bertz CT molecular complexity index is 767. The van der Waals surface area contributed by atoms with E-state index >= 15 is 0 Å². The molecular formula is C16H17F6N3O4. The Morgan fingerprint density at radius 3 is 2.38 bits per heavy atom. The van der Waals surface area contributed by atoms with Crippen LogP contribution in [0.5, 0.6) is 0 Å². The molecule has 0 aromatic heterocycles. The van der Waals surface area contributed by atoms with Crippen molar-refractivity contribution in [2.24, 2.45) is 5.41 Å². The van der Waals surface area contributed by atoms with E-state index in [1.54, 1.807) is 0 Å². The van der Waals surface area contributed by atoms with Gasteiger partial charge in [-0.1, -0.05) is 0 Å². The number of likely N-dealkylation sites (tertiary alicyclic amines) is 1. The quantitative estimate of drug-likeness (QED) is 0.323. The molecule has 1 N–H and O–H groups in total. The molecule has 0 spiro atoms. The fraction of sp³-hybridized carbons (Fsp3) is 0.562. The summed E-state index contributed by atoms with van der Waals surface area (Å²) >= 11 is 0. The topological polar surface area (TPSA) is 84.7 Å². The van der Waals surface area contributed by atoms with Crippen LogP contribution in [0, 0.1) is 15.5 Å². The van der Waals surface area contributed by atoms with E-state index in [1.807, 2.05) is 0 Å². The zero-order valence-electron chi connectivity index (χ0n) is 15.1. The number of hydrogen-bond donors (Lipinski definition) is 1. The molecule has 13 heteroatoms. The van der Waals surface area contributed by atoms with E-state index in [4.69, 9.17) is 4.74 Å². The first-order valence-corrected chi connectivity index (χ1v) is 8.28. The number of amides is 1. The largest absolute Gasteiger partial charge is 0.404 e. The minimum atomic E-state index is -5.60. The maximum Gasteiger partial charge on any atom is 0.404 e. The van der Waals surface area contributed by atoms with Gasteiger partial charge in [0.1, 0.15) is 5.69 Å². The van der Waals surface area contributed by atoms with Crippen LogP contribution in [0.4, 0.5) is 37.7 Å². The monoisotopic (exact) mass is 429 g/mol. The van der Waals surface area contributed by atoms with Gasteiger partial charge in [0.25, 0.3) is 11.6 Å². The van der Waals surface area contributed by atoms with E-state index in [0.717, 1.165) is 18.2 Å². The van der Waals surface area contributed by atoms with Gasteiger partial charge in [0, 0.05) is 38.4 Å². The van der Waals surface area contributed by atoms with E-state index in [1.165, 1.54) is 7.11 Å². The van der Waals surface area contributed by atoms with Crippen LogP contribution >= 0.6 is 0 Å². The van der Waals surface area contributed by atoms with Crippen molar-refractivity contribution in [3.63, 3.8) is 0 Å². The fourth-order valence-corrected chi connectivity index (χ4v) is 3.04. The number of anilines is 1. The summed E-state index contributed by atoms with van der Waals surface area (Å²) in [6.45, 7) is -1.95. The number of benzene rings is 1. The molecule has 0 unspecified atom stereocenters. The van der Waals surface area contributed by atoms with Crippen LogP contribution in [0.1, 0.15) is 16.8 Å². The van der Waals surface area contributed by atoms with Crippen LogP contribution in [0.3, 0.4) is 0 Å². The zero-order valence-corrected chi connectivity index (χ0v) is 15.1. The van der Waals surface area contributed by atoms with Gasteiger partial charge < -0.3 is 15.0 Å². The van der Waals surface area contributed by atoms with Gasteiger partial charge in [0.05, 0.1) is 11.5 Å². The van der Waals surface area contributed by atoms with Crippen molar-refractivity contribution in [1.82, 2.24) is 4.90 Å². The van der Waals surface area contributed by atoms with E-state index < -0.39 is 53.8 Å². The number of ether oxygens (including phenoxy) is 1. The maximum absolute atomic E-state index is 13.2. The van der Waals surface area contributed by atoms with Crippen molar-refractivity contribution in [2.75, 3.05) is 38.7 Å². The second-order valence-corrected chi connectivity index (χ2v) is 6.46.